The molecule has 3 rings (SSSR count). The van der Waals surface area contributed by atoms with E-state index >= 15 is 0 Å². The quantitative estimate of drug-likeness (QED) is 0.123. The molecule has 3 aromatic carbocycles. The van der Waals surface area contributed by atoms with Gasteiger partial charge >= 0.3 is 11.9 Å². The summed E-state index contributed by atoms with van der Waals surface area (Å²) >= 11 is 0. The molecule has 0 amide bonds. The molecule has 0 heterocycles. The molecule has 0 aromatic heterocycles. The highest BCUT2D eigenvalue weighted by Crippen LogP contribution is 2.23. The molecule has 0 aliphatic heterocycles. The molecule has 0 unspecified atom stereocenters. The van der Waals surface area contributed by atoms with Crippen LogP contribution in [0.4, 0.5) is 0 Å². The van der Waals surface area contributed by atoms with Gasteiger partial charge < -0.3 is 14.9 Å². The molecular formula is C31H33NO5. The predicted octanol–water partition coefficient (Wildman–Crippen LogP) is 7.48. The minimum atomic E-state index is -0.666. The van der Waals surface area contributed by atoms with E-state index in [1.807, 2.05) is 36.4 Å². The van der Waals surface area contributed by atoms with Gasteiger partial charge in [-0.1, -0.05) is 87.6 Å². The lowest BCUT2D eigenvalue weighted by Crippen LogP contribution is -2.08. The van der Waals surface area contributed by atoms with Crippen LogP contribution in [0, 0.1) is 11.3 Å². The van der Waals surface area contributed by atoms with Gasteiger partial charge in [0.15, 0.2) is 0 Å². The van der Waals surface area contributed by atoms with Gasteiger partial charge in [-0.2, -0.15) is 5.26 Å². The van der Waals surface area contributed by atoms with Gasteiger partial charge in [-0.3, -0.25) is 4.79 Å². The molecule has 6 nitrogen and oxygen atoms in total. The Hall–Kier alpha value is -4.37. The van der Waals surface area contributed by atoms with Crippen LogP contribution in [0.25, 0.3) is 12.2 Å². The van der Waals surface area contributed by atoms with E-state index in [1.54, 1.807) is 24.3 Å². The lowest BCUT2D eigenvalue weighted by molar-refractivity contribution is -0.137. The second-order valence-electron chi connectivity index (χ2n) is 8.42. The topological polar surface area (TPSA) is 108 Å². The highest BCUT2D eigenvalue weighted by molar-refractivity contribution is 5.92. The monoisotopic (exact) mass is 499 g/mol. The van der Waals surface area contributed by atoms with Gasteiger partial charge in [0.25, 0.3) is 0 Å². The number of aromatic hydroxyl groups is 1. The van der Waals surface area contributed by atoms with Crippen molar-refractivity contribution in [2.24, 2.45) is 0 Å². The van der Waals surface area contributed by atoms with E-state index in [0.29, 0.717) is 28.9 Å². The van der Waals surface area contributed by atoms with Gasteiger partial charge in [0.2, 0.25) is 0 Å². The van der Waals surface area contributed by atoms with E-state index in [4.69, 9.17) is 15.1 Å². The van der Waals surface area contributed by atoms with E-state index in [1.165, 1.54) is 49.9 Å². The van der Waals surface area contributed by atoms with Crippen molar-refractivity contribution in [3.8, 4) is 17.6 Å². The third kappa shape index (κ3) is 10.8. The van der Waals surface area contributed by atoms with Crippen LogP contribution in [-0.2, 0) is 4.79 Å². The zero-order valence-corrected chi connectivity index (χ0v) is 21.1. The number of carbonyl (C=O) groups is 2. The number of hydrogen-bond acceptors (Lipinski definition) is 5. The van der Waals surface area contributed by atoms with Crippen molar-refractivity contribution in [1.82, 2.24) is 0 Å². The fourth-order valence-electron chi connectivity index (χ4n) is 3.45. The third-order valence-electron chi connectivity index (χ3n) is 5.49. The van der Waals surface area contributed by atoms with Crippen LogP contribution >= 0.6 is 0 Å². The molecule has 0 spiro atoms. The molecule has 192 valence electrons. The Morgan fingerprint density at radius 2 is 1.43 bits per heavy atom. The molecule has 37 heavy (non-hydrogen) atoms. The Balaban J connectivity index is 0.000000371. The summed E-state index contributed by atoms with van der Waals surface area (Å²) in [5, 5.41) is 26.8. The maximum Gasteiger partial charge on any atom is 0.343 e. The number of nitriles is 1. The standard InChI is InChI=1S/C22H15NO3.C9H18O2/c23-15-19-7-2-1-5-16(19)9-10-17-6-3-4-8-21(17)26-22(25)18-11-13-20(24)14-12-18;1-2-3-4-5-6-7-8-9(10)11/h1-14,24H;2-8H2,1H3,(H,10,11)/b10-9+;. The number of carbonyl (C=O) groups excluding carboxylic acids is 1. The first-order chi connectivity index (χ1) is 17.9. The second kappa shape index (κ2) is 16.3. The summed E-state index contributed by atoms with van der Waals surface area (Å²) in [6.45, 7) is 2.18. The van der Waals surface area contributed by atoms with Gasteiger partial charge in [-0.05, 0) is 48.4 Å². The number of aliphatic carboxylic acids is 1. The van der Waals surface area contributed by atoms with E-state index in [0.717, 1.165) is 18.4 Å². The zero-order valence-electron chi connectivity index (χ0n) is 21.1. The summed E-state index contributed by atoms with van der Waals surface area (Å²) < 4.78 is 5.48. The van der Waals surface area contributed by atoms with Gasteiger partial charge in [0.1, 0.15) is 11.5 Å². The molecule has 0 atom stereocenters. The van der Waals surface area contributed by atoms with Crippen LogP contribution in [-0.4, -0.2) is 22.2 Å². The maximum atomic E-state index is 12.3. The van der Waals surface area contributed by atoms with Gasteiger partial charge in [0, 0.05) is 12.0 Å². The third-order valence-corrected chi connectivity index (χ3v) is 5.49. The Bertz CT molecular complexity index is 1210. The van der Waals surface area contributed by atoms with Crippen LogP contribution < -0.4 is 4.74 Å². The Morgan fingerprint density at radius 1 is 0.838 bits per heavy atom. The molecule has 0 saturated heterocycles. The summed E-state index contributed by atoms with van der Waals surface area (Å²) in [5.41, 5.74) is 2.42. The molecule has 0 aliphatic rings. The van der Waals surface area contributed by atoms with Crippen LogP contribution in [0.1, 0.15) is 78.9 Å². The van der Waals surface area contributed by atoms with Crippen molar-refractivity contribution in [1.29, 1.82) is 5.26 Å². The fourth-order valence-corrected chi connectivity index (χ4v) is 3.45. The number of rotatable bonds is 11. The highest BCUT2D eigenvalue weighted by atomic mass is 16.5. The number of unbranched alkanes of at least 4 members (excludes halogenated alkanes) is 5. The van der Waals surface area contributed by atoms with Crippen LogP contribution in [0.3, 0.4) is 0 Å². The number of phenols is 1. The molecule has 6 heteroatoms. The SMILES string of the molecule is CCCCCCCCC(=O)O.N#Cc1ccccc1/C=C/c1ccccc1OC(=O)c1ccc(O)cc1. The largest absolute Gasteiger partial charge is 0.508 e. The fraction of sp³-hybridized carbons (Fsp3) is 0.258. The normalized spacial score (nSPS) is 10.3. The molecule has 2 N–H and O–H groups in total. The molecule has 0 aliphatic carbocycles. The van der Waals surface area contributed by atoms with Gasteiger partial charge in [-0.25, -0.2) is 4.79 Å². The number of esters is 1. The molecule has 0 saturated carbocycles. The predicted molar refractivity (Wildman–Crippen MR) is 145 cm³/mol. The Labute approximate surface area is 218 Å². The number of phenolic OH excluding ortho intramolecular Hbond substituents is 1. The molecule has 0 fully saturated rings. The van der Waals surface area contributed by atoms with E-state index in [9.17, 15) is 14.7 Å². The summed E-state index contributed by atoms with van der Waals surface area (Å²) in [5.74, 6) is -0.680. The van der Waals surface area contributed by atoms with Gasteiger partial charge in [0.05, 0.1) is 17.2 Å². The Morgan fingerprint density at radius 3 is 2.11 bits per heavy atom. The molecule has 0 bridgehead atoms. The summed E-state index contributed by atoms with van der Waals surface area (Å²) in [4.78, 5) is 22.4. The van der Waals surface area contributed by atoms with E-state index in [2.05, 4.69) is 13.0 Å². The molecule has 0 radical (unpaired) electrons. The number of carboxylic acid groups (broad SMARTS) is 1. The molecule has 3 aromatic rings. The number of hydrogen-bond donors (Lipinski definition) is 2. The number of nitrogens with zero attached hydrogens (tertiary/aromatic N) is 1. The van der Waals surface area contributed by atoms with Gasteiger partial charge in [-0.15, -0.1) is 0 Å². The molecular weight excluding hydrogens is 466 g/mol. The van der Waals surface area contributed by atoms with Crippen molar-refractivity contribution >= 4 is 24.1 Å². The van der Waals surface area contributed by atoms with Crippen LogP contribution in [0.5, 0.6) is 11.5 Å². The lowest BCUT2D eigenvalue weighted by atomic mass is 10.1. The first-order valence-electron chi connectivity index (χ1n) is 12.4. The summed E-state index contributed by atoms with van der Waals surface area (Å²) in [6, 6.07) is 22.4. The van der Waals surface area contributed by atoms with Crippen molar-refractivity contribution < 1.29 is 24.5 Å². The first kappa shape index (κ1) is 28.9. The zero-order chi connectivity index (χ0) is 26.9. The number of para-hydroxylation sites is 1. The first-order valence-corrected chi connectivity index (χ1v) is 12.4. The van der Waals surface area contributed by atoms with Crippen molar-refractivity contribution in [3.05, 3.63) is 95.1 Å². The number of benzene rings is 3. The summed E-state index contributed by atoms with van der Waals surface area (Å²) in [6.07, 6.45) is 10.9. The van der Waals surface area contributed by atoms with Crippen molar-refractivity contribution in [3.63, 3.8) is 0 Å². The smallest absolute Gasteiger partial charge is 0.343 e. The lowest BCUT2D eigenvalue weighted by Gasteiger charge is -2.08. The minimum absolute atomic E-state index is 0.0843. The average molecular weight is 500 g/mol. The van der Waals surface area contributed by atoms with Crippen LogP contribution in [0.2, 0.25) is 0 Å². The van der Waals surface area contributed by atoms with Crippen molar-refractivity contribution in [2.75, 3.05) is 0 Å². The van der Waals surface area contributed by atoms with Crippen molar-refractivity contribution in [2.45, 2.75) is 51.9 Å². The van der Waals surface area contributed by atoms with Crippen LogP contribution in [0.15, 0.2) is 72.8 Å². The average Bonchev–Trinajstić information content (AvgIpc) is 2.91. The number of carboxylic acids is 1. The minimum Gasteiger partial charge on any atom is -0.508 e. The highest BCUT2D eigenvalue weighted by Gasteiger charge is 2.10. The van der Waals surface area contributed by atoms with E-state index in [-0.39, 0.29) is 5.75 Å². The number of ether oxygens (including phenoxy) is 1. The maximum absolute atomic E-state index is 12.3. The second-order valence-corrected chi connectivity index (χ2v) is 8.42. The Kier molecular flexibility index (Phi) is 12.7. The summed E-state index contributed by atoms with van der Waals surface area (Å²) in [7, 11) is 0. The van der Waals surface area contributed by atoms with E-state index < -0.39 is 11.9 Å².